The largest absolute Gasteiger partial charge is 0.507 e. The third kappa shape index (κ3) is 8.67. The predicted octanol–water partition coefficient (Wildman–Crippen LogP) is 4.93. The number of aliphatic carboxylic acids is 1. The Kier molecular flexibility index (Phi) is 11.3. The number of nitrogens with one attached hydrogen (secondary N) is 1. The Morgan fingerprint density at radius 3 is 2.29 bits per heavy atom. The van der Waals surface area contributed by atoms with E-state index in [-0.39, 0.29) is 42.5 Å². The maximum atomic E-state index is 14.0. The maximum Gasteiger partial charge on any atom is 0.410 e. The van der Waals surface area contributed by atoms with Gasteiger partial charge < -0.3 is 35.0 Å². The van der Waals surface area contributed by atoms with Crippen LogP contribution in [0.5, 0.6) is 5.75 Å². The van der Waals surface area contributed by atoms with Crippen molar-refractivity contribution in [2.75, 3.05) is 51.1 Å². The lowest BCUT2D eigenvalue weighted by Gasteiger charge is -2.42. The van der Waals surface area contributed by atoms with Gasteiger partial charge in [0.2, 0.25) is 0 Å². The van der Waals surface area contributed by atoms with Crippen LogP contribution in [-0.2, 0) is 27.2 Å². The van der Waals surface area contributed by atoms with E-state index in [2.05, 4.69) is 26.1 Å². The molecule has 2 aromatic rings. The number of carboxylic acids is 1. The van der Waals surface area contributed by atoms with Crippen LogP contribution >= 0.6 is 15.9 Å². The third-order valence-corrected chi connectivity index (χ3v) is 11.3. The van der Waals surface area contributed by atoms with E-state index in [1.165, 1.54) is 0 Å². The normalized spacial score (nSPS) is 22.9. The molecule has 3 heterocycles. The number of carbonyl (C=O) groups is 4. The van der Waals surface area contributed by atoms with Gasteiger partial charge in [-0.25, -0.2) is 9.59 Å². The van der Waals surface area contributed by atoms with Crippen molar-refractivity contribution < 1.29 is 34.1 Å². The Hall–Kier alpha value is -3.84. The minimum absolute atomic E-state index is 0.00588. The topological polar surface area (TPSA) is 143 Å². The van der Waals surface area contributed by atoms with Crippen molar-refractivity contribution in [2.45, 2.75) is 76.0 Å². The number of carboxylic acid groups (broad SMARTS) is 1. The number of likely N-dealkylation sites (tertiary alicyclic amines) is 1. The van der Waals surface area contributed by atoms with Gasteiger partial charge in [0.15, 0.2) is 6.10 Å². The molecule has 2 saturated heterocycles. The van der Waals surface area contributed by atoms with Gasteiger partial charge in [-0.3, -0.25) is 14.5 Å². The number of carbonyl (C=O) groups excluding carboxylic acids is 3. The number of ether oxygens (including phenoxy) is 1. The van der Waals surface area contributed by atoms with Crippen LogP contribution in [0.1, 0.15) is 56.1 Å². The molecule has 6 rings (SSSR count). The zero-order valence-corrected chi connectivity index (χ0v) is 29.4. The molecule has 0 unspecified atom stereocenters. The fourth-order valence-corrected chi connectivity index (χ4v) is 8.26. The Labute approximate surface area is 295 Å². The summed E-state index contributed by atoms with van der Waals surface area (Å²) in [5.41, 5.74) is 2.70. The van der Waals surface area contributed by atoms with Crippen LogP contribution in [0.2, 0.25) is 0 Å². The van der Waals surface area contributed by atoms with Gasteiger partial charge in [0.05, 0.1) is 4.47 Å². The number of piperazine rings is 1. The molecule has 13 heteroatoms. The summed E-state index contributed by atoms with van der Waals surface area (Å²) in [7, 11) is 0. The van der Waals surface area contributed by atoms with Crippen molar-refractivity contribution >= 4 is 45.6 Å². The van der Waals surface area contributed by atoms with Crippen molar-refractivity contribution in [3.05, 3.63) is 58.1 Å². The lowest BCUT2D eigenvalue weighted by molar-refractivity contribution is -0.143. The number of rotatable bonds is 8. The molecule has 3 N–H and O–H groups in total. The van der Waals surface area contributed by atoms with Crippen LogP contribution < -0.4 is 5.32 Å². The van der Waals surface area contributed by atoms with Gasteiger partial charge >= 0.3 is 18.1 Å². The van der Waals surface area contributed by atoms with E-state index in [0.29, 0.717) is 69.2 Å². The highest BCUT2D eigenvalue weighted by Gasteiger charge is 2.36. The number of piperidine rings is 1. The van der Waals surface area contributed by atoms with Crippen LogP contribution in [0.15, 0.2) is 46.9 Å². The quantitative estimate of drug-likeness (QED) is 0.346. The number of hydrogen-bond donors (Lipinski definition) is 3. The summed E-state index contributed by atoms with van der Waals surface area (Å²) >= 11 is 3.35. The Morgan fingerprint density at radius 2 is 1.59 bits per heavy atom. The van der Waals surface area contributed by atoms with E-state index in [0.717, 1.165) is 48.9 Å². The van der Waals surface area contributed by atoms with E-state index in [1.807, 2.05) is 29.2 Å². The number of halogens is 1. The zero-order chi connectivity index (χ0) is 34.5. The van der Waals surface area contributed by atoms with Crippen LogP contribution in [0, 0.1) is 5.92 Å². The summed E-state index contributed by atoms with van der Waals surface area (Å²) in [4.78, 5) is 59.4. The molecule has 1 aliphatic carbocycles. The number of para-hydroxylation sites is 1. The summed E-state index contributed by atoms with van der Waals surface area (Å²) in [6.07, 6.45) is 4.57. The highest BCUT2D eigenvalue weighted by Crippen LogP contribution is 2.31. The summed E-state index contributed by atoms with van der Waals surface area (Å²) < 4.78 is 6.49. The first kappa shape index (κ1) is 35.0. The van der Waals surface area contributed by atoms with E-state index in [9.17, 15) is 24.3 Å². The second kappa shape index (κ2) is 15.8. The van der Waals surface area contributed by atoms with Crippen molar-refractivity contribution in [1.29, 1.82) is 0 Å². The maximum absolute atomic E-state index is 14.0. The molecule has 1 atom stereocenters. The monoisotopic (exact) mass is 739 g/mol. The number of urea groups is 1. The molecule has 12 nitrogen and oxygen atoms in total. The number of amides is 4. The Morgan fingerprint density at radius 1 is 0.878 bits per heavy atom. The molecular weight excluding hydrogens is 694 g/mol. The molecule has 4 amide bonds. The Balaban J connectivity index is 1.05. The molecule has 3 fully saturated rings. The van der Waals surface area contributed by atoms with Crippen LogP contribution in [0.4, 0.5) is 15.3 Å². The first-order valence-electron chi connectivity index (χ1n) is 17.5. The van der Waals surface area contributed by atoms with Gasteiger partial charge in [-0.05, 0) is 96.1 Å². The van der Waals surface area contributed by atoms with Gasteiger partial charge in [0.1, 0.15) is 5.75 Å². The first-order valence-corrected chi connectivity index (χ1v) is 18.3. The molecule has 0 aromatic heterocycles. The molecule has 264 valence electrons. The molecule has 0 bridgehead atoms. The average Bonchev–Trinajstić information content (AvgIpc) is 3.27. The van der Waals surface area contributed by atoms with E-state index in [4.69, 9.17) is 9.84 Å². The number of phenolic OH excluding ortho intramolecular Hbond substituents is 1. The summed E-state index contributed by atoms with van der Waals surface area (Å²) in [6.45, 7) is 3.92. The predicted molar refractivity (Wildman–Crippen MR) is 186 cm³/mol. The zero-order valence-electron chi connectivity index (χ0n) is 27.8. The number of phenols is 1. The standard InChI is InChI=1S/C36H46BrN5O7/c37-29-21-25(7-10-31(29)43)22-32(34(46)40-19-17-39(18-20-40)27-8-5-24(6-9-27)23-33(44)45)49-36(48)41-14-12-28(13-15-41)42-16-11-26-3-1-2-4-30(26)38-35(42)47/h1-4,7,10,21,24,27-28,32,43H,5-6,8-9,11-20,22-23H2,(H,38,47)(H,44,45)/t24-,27+,32-/m1/s1. The second-order valence-corrected chi connectivity index (χ2v) is 14.6. The first-order chi connectivity index (χ1) is 23.6. The molecule has 0 spiro atoms. The number of aromatic hydroxyl groups is 1. The van der Waals surface area contributed by atoms with Crippen molar-refractivity contribution in [3.8, 4) is 5.75 Å². The molecular formula is C36H46BrN5O7. The van der Waals surface area contributed by atoms with Crippen LogP contribution in [0.25, 0.3) is 0 Å². The smallest absolute Gasteiger partial charge is 0.410 e. The summed E-state index contributed by atoms with van der Waals surface area (Å²) in [5, 5.41) is 22.2. The van der Waals surface area contributed by atoms with Crippen LogP contribution in [0.3, 0.4) is 0 Å². The van der Waals surface area contributed by atoms with E-state index >= 15 is 0 Å². The number of hydrogen-bond acceptors (Lipinski definition) is 7. The van der Waals surface area contributed by atoms with Crippen molar-refractivity contribution in [1.82, 2.24) is 19.6 Å². The third-order valence-electron chi connectivity index (χ3n) is 10.7. The van der Waals surface area contributed by atoms with Gasteiger partial charge in [-0.2, -0.15) is 0 Å². The summed E-state index contributed by atoms with van der Waals surface area (Å²) in [5.74, 6) is -0.646. The Bertz CT molecular complexity index is 1520. The van der Waals surface area contributed by atoms with E-state index in [1.54, 1.807) is 28.0 Å². The number of benzene rings is 2. The van der Waals surface area contributed by atoms with Gasteiger partial charge in [-0.1, -0.05) is 24.3 Å². The molecule has 49 heavy (non-hydrogen) atoms. The van der Waals surface area contributed by atoms with Crippen molar-refractivity contribution in [3.63, 3.8) is 0 Å². The highest BCUT2D eigenvalue weighted by molar-refractivity contribution is 9.10. The fraction of sp³-hybridized carbons (Fsp3) is 0.556. The van der Waals surface area contributed by atoms with Crippen molar-refractivity contribution in [2.24, 2.45) is 5.92 Å². The van der Waals surface area contributed by atoms with Crippen LogP contribution in [-0.4, -0.2) is 118 Å². The lowest BCUT2D eigenvalue weighted by atomic mass is 9.83. The number of fused-ring (bicyclic) bond motifs is 1. The molecule has 3 aliphatic heterocycles. The van der Waals surface area contributed by atoms with E-state index < -0.39 is 18.2 Å². The summed E-state index contributed by atoms with van der Waals surface area (Å²) in [6, 6.07) is 13.1. The van der Waals surface area contributed by atoms with Gasteiger partial charge in [0, 0.05) is 76.4 Å². The minimum atomic E-state index is -1.03. The molecule has 1 saturated carbocycles. The van der Waals surface area contributed by atoms with Gasteiger partial charge in [-0.15, -0.1) is 0 Å². The minimum Gasteiger partial charge on any atom is -0.507 e. The fourth-order valence-electron chi connectivity index (χ4n) is 7.84. The molecule has 4 aliphatic rings. The number of nitrogens with zero attached hydrogens (tertiary/aromatic N) is 4. The van der Waals surface area contributed by atoms with Gasteiger partial charge in [0.25, 0.3) is 5.91 Å². The number of anilines is 1. The highest BCUT2D eigenvalue weighted by atomic mass is 79.9. The molecule has 2 aromatic carbocycles. The second-order valence-electron chi connectivity index (χ2n) is 13.7. The lowest BCUT2D eigenvalue weighted by Crippen LogP contribution is -2.55. The average molecular weight is 741 g/mol. The SMILES string of the molecule is O=C(O)C[C@H]1CC[C@@H](N2CCN(C(=O)[C@@H](Cc3ccc(O)c(Br)c3)OC(=O)N3CCC(N4CCc5ccccc5NC4=O)CC3)CC2)CC1. The molecule has 0 radical (unpaired) electrons.